The molecule has 1 unspecified atom stereocenters. The molecule has 1 heterocycles. The Hall–Kier alpha value is -0.670. The molecule has 0 aromatic heterocycles. The van der Waals surface area contributed by atoms with Crippen LogP contribution >= 0.6 is 11.8 Å². The lowest BCUT2D eigenvalue weighted by Gasteiger charge is -2.27. The van der Waals surface area contributed by atoms with Crippen LogP contribution in [-0.2, 0) is 6.42 Å². The van der Waals surface area contributed by atoms with Gasteiger partial charge in [-0.1, -0.05) is 12.1 Å². The molecule has 0 bridgehead atoms. The largest absolute Gasteiger partial charge is 0.394 e. The molecule has 76 valence electrons. The van der Waals surface area contributed by atoms with Crippen LogP contribution in [0.1, 0.15) is 12.0 Å². The summed E-state index contributed by atoms with van der Waals surface area (Å²) in [5.41, 5.74) is 2.60. The number of aliphatic hydroxyl groups excluding tert-OH is 1. The van der Waals surface area contributed by atoms with Gasteiger partial charge < -0.3 is 10.4 Å². The number of aliphatic hydroxyl groups is 1. The number of aryl methyl sites for hydroxylation is 1. The highest BCUT2D eigenvalue weighted by atomic mass is 32.2. The molecule has 2 rings (SSSR count). The van der Waals surface area contributed by atoms with Gasteiger partial charge in [0.15, 0.2) is 0 Å². The summed E-state index contributed by atoms with van der Waals surface area (Å²) in [6.45, 7) is 0.224. The Morgan fingerprint density at radius 3 is 3.14 bits per heavy atom. The molecule has 14 heavy (non-hydrogen) atoms. The first-order valence-electron chi connectivity index (χ1n) is 4.88. The lowest BCUT2D eigenvalue weighted by Crippen LogP contribution is -2.29. The van der Waals surface area contributed by atoms with Crippen molar-refractivity contribution in [2.45, 2.75) is 23.8 Å². The Balaban J connectivity index is 2.33. The van der Waals surface area contributed by atoms with Crippen LogP contribution in [0.3, 0.4) is 0 Å². The van der Waals surface area contributed by atoms with Crippen LogP contribution in [-0.4, -0.2) is 24.0 Å². The number of para-hydroxylation sites is 1. The van der Waals surface area contributed by atoms with Gasteiger partial charge in [-0.2, -0.15) is 0 Å². The maximum absolute atomic E-state index is 9.11. The van der Waals surface area contributed by atoms with Gasteiger partial charge in [-0.25, -0.2) is 0 Å². The predicted molar refractivity (Wildman–Crippen MR) is 61.0 cm³/mol. The van der Waals surface area contributed by atoms with Crippen LogP contribution < -0.4 is 5.32 Å². The van der Waals surface area contributed by atoms with Gasteiger partial charge in [0.2, 0.25) is 0 Å². The first kappa shape index (κ1) is 9.87. The van der Waals surface area contributed by atoms with E-state index in [-0.39, 0.29) is 12.6 Å². The van der Waals surface area contributed by atoms with Crippen molar-refractivity contribution in [3.63, 3.8) is 0 Å². The van der Waals surface area contributed by atoms with E-state index in [1.165, 1.54) is 16.1 Å². The number of hydrogen-bond donors (Lipinski definition) is 2. The normalized spacial score (nSPS) is 20.0. The lowest BCUT2D eigenvalue weighted by molar-refractivity contribution is 0.267. The summed E-state index contributed by atoms with van der Waals surface area (Å²) >= 11 is 1.75. The zero-order valence-electron chi connectivity index (χ0n) is 8.29. The van der Waals surface area contributed by atoms with E-state index in [0.717, 1.165) is 12.8 Å². The van der Waals surface area contributed by atoms with Crippen LogP contribution in [0.2, 0.25) is 0 Å². The monoisotopic (exact) mass is 209 g/mol. The van der Waals surface area contributed by atoms with E-state index >= 15 is 0 Å². The molecule has 0 saturated carbocycles. The first-order valence-corrected chi connectivity index (χ1v) is 6.11. The lowest BCUT2D eigenvalue weighted by atomic mass is 9.98. The molecule has 0 fully saturated rings. The second kappa shape index (κ2) is 4.24. The second-order valence-electron chi connectivity index (χ2n) is 3.56. The van der Waals surface area contributed by atoms with E-state index in [9.17, 15) is 0 Å². The van der Waals surface area contributed by atoms with Gasteiger partial charge in [0.25, 0.3) is 0 Å². The molecule has 1 aliphatic heterocycles. The summed E-state index contributed by atoms with van der Waals surface area (Å²) < 4.78 is 0. The van der Waals surface area contributed by atoms with Gasteiger partial charge in [0, 0.05) is 10.9 Å². The predicted octanol–water partition coefficient (Wildman–Crippen LogP) is 2.13. The van der Waals surface area contributed by atoms with E-state index in [0.29, 0.717) is 0 Å². The minimum absolute atomic E-state index is 0.224. The third kappa shape index (κ3) is 1.74. The Labute approximate surface area is 88.7 Å². The maximum atomic E-state index is 9.11. The number of anilines is 1. The number of hydrogen-bond acceptors (Lipinski definition) is 3. The Kier molecular flexibility index (Phi) is 2.99. The summed E-state index contributed by atoms with van der Waals surface area (Å²) in [6, 6.07) is 6.62. The average Bonchev–Trinajstić information content (AvgIpc) is 2.27. The molecule has 2 nitrogen and oxygen atoms in total. The summed E-state index contributed by atoms with van der Waals surface area (Å²) in [5.74, 6) is 0. The molecule has 1 aromatic carbocycles. The van der Waals surface area contributed by atoms with E-state index in [2.05, 4.69) is 29.8 Å². The molecule has 0 spiro atoms. The zero-order valence-corrected chi connectivity index (χ0v) is 9.10. The zero-order chi connectivity index (χ0) is 9.97. The quantitative estimate of drug-likeness (QED) is 0.732. The SMILES string of the molecule is CSc1cccc2c1NC(CO)CC2. The topological polar surface area (TPSA) is 32.3 Å². The van der Waals surface area contributed by atoms with Crippen LogP contribution in [0.15, 0.2) is 23.1 Å². The number of benzene rings is 1. The standard InChI is InChI=1S/C11H15NOS/c1-14-10-4-2-3-8-5-6-9(7-13)12-11(8)10/h2-4,9,12-13H,5-7H2,1H3. The van der Waals surface area contributed by atoms with Gasteiger partial charge in [0.05, 0.1) is 12.3 Å². The molecule has 2 N–H and O–H groups in total. The summed E-state index contributed by atoms with van der Waals surface area (Å²) in [5, 5.41) is 12.5. The summed E-state index contributed by atoms with van der Waals surface area (Å²) in [4.78, 5) is 1.28. The third-order valence-electron chi connectivity index (χ3n) is 2.66. The Bertz CT molecular complexity index is 313. The van der Waals surface area contributed by atoms with E-state index in [1.807, 2.05) is 0 Å². The van der Waals surface area contributed by atoms with Gasteiger partial charge in [-0.15, -0.1) is 11.8 Å². The Morgan fingerprint density at radius 1 is 1.57 bits per heavy atom. The van der Waals surface area contributed by atoms with Gasteiger partial charge in [0.1, 0.15) is 0 Å². The first-order chi connectivity index (χ1) is 6.85. The molecule has 1 aliphatic rings. The average molecular weight is 209 g/mol. The van der Waals surface area contributed by atoms with E-state index in [1.54, 1.807) is 11.8 Å². The smallest absolute Gasteiger partial charge is 0.0632 e. The molecule has 0 aliphatic carbocycles. The maximum Gasteiger partial charge on any atom is 0.0632 e. The number of nitrogens with one attached hydrogen (secondary N) is 1. The van der Waals surface area contributed by atoms with Gasteiger partial charge in [-0.3, -0.25) is 0 Å². The molecule has 0 amide bonds. The molecular weight excluding hydrogens is 194 g/mol. The minimum atomic E-state index is 0.224. The van der Waals surface area contributed by atoms with Crippen molar-refractivity contribution < 1.29 is 5.11 Å². The highest BCUT2D eigenvalue weighted by Gasteiger charge is 2.18. The fraction of sp³-hybridized carbons (Fsp3) is 0.455. The minimum Gasteiger partial charge on any atom is -0.394 e. The molecule has 1 atom stereocenters. The van der Waals surface area contributed by atoms with Crippen molar-refractivity contribution in [1.82, 2.24) is 0 Å². The van der Waals surface area contributed by atoms with Gasteiger partial charge >= 0.3 is 0 Å². The van der Waals surface area contributed by atoms with Crippen molar-refractivity contribution in [3.05, 3.63) is 23.8 Å². The van der Waals surface area contributed by atoms with Crippen molar-refractivity contribution in [2.75, 3.05) is 18.2 Å². The molecule has 1 aromatic rings. The summed E-state index contributed by atoms with van der Waals surface area (Å²) in [6.07, 6.45) is 4.18. The second-order valence-corrected chi connectivity index (χ2v) is 4.40. The highest BCUT2D eigenvalue weighted by molar-refractivity contribution is 7.98. The van der Waals surface area contributed by atoms with Crippen LogP contribution in [0, 0.1) is 0 Å². The van der Waals surface area contributed by atoms with Crippen molar-refractivity contribution in [1.29, 1.82) is 0 Å². The van der Waals surface area contributed by atoms with Crippen molar-refractivity contribution in [3.8, 4) is 0 Å². The molecule has 0 radical (unpaired) electrons. The van der Waals surface area contributed by atoms with Crippen LogP contribution in [0.4, 0.5) is 5.69 Å². The number of rotatable bonds is 2. The van der Waals surface area contributed by atoms with E-state index < -0.39 is 0 Å². The van der Waals surface area contributed by atoms with Crippen LogP contribution in [0.5, 0.6) is 0 Å². The highest BCUT2D eigenvalue weighted by Crippen LogP contribution is 2.33. The van der Waals surface area contributed by atoms with E-state index in [4.69, 9.17) is 5.11 Å². The molecule has 3 heteroatoms. The fourth-order valence-electron chi connectivity index (χ4n) is 1.86. The molecule has 0 saturated heterocycles. The fourth-order valence-corrected chi connectivity index (χ4v) is 2.47. The van der Waals surface area contributed by atoms with Crippen LogP contribution in [0.25, 0.3) is 0 Å². The molecular formula is C11H15NOS. The summed E-state index contributed by atoms with van der Waals surface area (Å²) in [7, 11) is 0. The van der Waals surface area contributed by atoms with Crippen molar-refractivity contribution in [2.24, 2.45) is 0 Å². The van der Waals surface area contributed by atoms with Gasteiger partial charge in [-0.05, 0) is 30.7 Å². The number of fused-ring (bicyclic) bond motifs is 1. The van der Waals surface area contributed by atoms with Crippen molar-refractivity contribution >= 4 is 17.4 Å². The Morgan fingerprint density at radius 2 is 2.43 bits per heavy atom. The third-order valence-corrected chi connectivity index (χ3v) is 3.44. The number of thioether (sulfide) groups is 1.